The third-order valence-corrected chi connectivity index (χ3v) is 10.4. The van der Waals surface area contributed by atoms with Gasteiger partial charge in [-0.25, -0.2) is 12.7 Å². The van der Waals surface area contributed by atoms with Crippen LogP contribution in [0, 0.1) is 6.92 Å². The van der Waals surface area contributed by atoms with Crippen molar-refractivity contribution in [2.75, 3.05) is 63.9 Å². The molecule has 0 unspecified atom stereocenters. The summed E-state index contributed by atoms with van der Waals surface area (Å²) in [6, 6.07) is 10.8. The van der Waals surface area contributed by atoms with Gasteiger partial charge in [-0.3, -0.25) is 14.6 Å². The number of carbonyl (C=O) groups excluding carboxylic acids is 2. The fourth-order valence-electron chi connectivity index (χ4n) is 5.77. The molecule has 2 amide bonds. The highest BCUT2D eigenvalue weighted by molar-refractivity contribution is 7.89. The SMILES string of the molecule is Cc1cc(NCC(=O)N2CCN(C)CC2)ccc1CCS(=O)(=O)N1CCC2(CC1)N=C(c1cccc(OC(F)(F)F)c1)NC2=O. The van der Waals surface area contributed by atoms with Gasteiger partial charge in [0.1, 0.15) is 17.1 Å². The molecule has 2 N–H and O–H groups in total. The monoisotopic (exact) mass is 650 g/mol. The number of carbonyl (C=O) groups is 2. The molecule has 0 bridgehead atoms. The average molecular weight is 651 g/mol. The lowest BCUT2D eigenvalue weighted by atomic mass is 9.89. The Balaban J connectivity index is 1.14. The molecule has 2 aromatic rings. The lowest BCUT2D eigenvalue weighted by Crippen LogP contribution is -2.50. The van der Waals surface area contributed by atoms with E-state index in [0.29, 0.717) is 19.5 Å². The third-order valence-electron chi connectivity index (χ3n) is 8.54. The molecule has 3 aliphatic heterocycles. The van der Waals surface area contributed by atoms with Crippen LogP contribution in [-0.2, 0) is 26.0 Å². The Morgan fingerprint density at radius 1 is 1.07 bits per heavy atom. The first-order valence-corrected chi connectivity index (χ1v) is 16.4. The van der Waals surface area contributed by atoms with Crippen LogP contribution in [0.3, 0.4) is 0 Å². The maximum absolute atomic E-state index is 13.2. The number of piperidine rings is 1. The molecule has 244 valence electrons. The number of aryl methyl sites for hydroxylation is 2. The highest BCUT2D eigenvalue weighted by Crippen LogP contribution is 2.33. The number of hydrogen-bond donors (Lipinski definition) is 2. The van der Waals surface area contributed by atoms with Gasteiger partial charge < -0.3 is 25.2 Å². The van der Waals surface area contributed by atoms with E-state index in [4.69, 9.17) is 0 Å². The minimum absolute atomic E-state index is 0.0426. The number of anilines is 1. The van der Waals surface area contributed by atoms with Crippen LogP contribution in [0.15, 0.2) is 47.5 Å². The molecule has 11 nitrogen and oxygen atoms in total. The van der Waals surface area contributed by atoms with Crippen molar-refractivity contribution in [3.63, 3.8) is 0 Å². The molecule has 3 heterocycles. The van der Waals surface area contributed by atoms with E-state index in [1.165, 1.54) is 16.4 Å². The average Bonchev–Trinajstić information content (AvgIpc) is 3.30. The van der Waals surface area contributed by atoms with Crippen LogP contribution < -0.4 is 15.4 Å². The van der Waals surface area contributed by atoms with Crippen molar-refractivity contribution < 1.29 is 35.9 Å². The van der Waals surface area contributed by atoms with Crippen molar-refractivity contribution in [1.82, 2.24) is 19.4 Å². The standard InChI is InChI=1S/C30H37F3N6O5S/c1-21-18-24(34-20-26(40)38-15-13-37(2)14-16-38)7-6-22(21)8-17-45(42,43)39-11-9-29(10-12-39)28(41)35-27(36-29)23-4-3-5-25(19-23)44-30(31,32)33/h3-7,18-19,34H,8-17,20H2,1-2H3,(H,35,36,41). The number of alkyl halides is 3. The second-order valence-electron chi connectivity index (χ2n) is 11.7. The molecule has 0 atom stereocenters. The second-order valence-corrected chi connectivity index (χ2v) is 13.8. The highest BCUT2D eigenvalue weighted by Gasteiger charge is 2.47. The number of ether oxygens (including phenoxy) is 1. The fourth-order valence-corrected chi connectivity index (χ4v) is 7.24. The number of nitrogens with one attached hydrogen (secondary N) is 2. The van der Waals surface area contributed by atoms with E-state index in [1.807, 2.05) is 37.1 Å². The number of piperazine rings is 1. The number of amides is 2. The summed E-state index contributed by atoms with van der Waals surface area (Å²) >= 11 is 0. The van der Waals surface area contributed by atoms with Crippen molar-refractivity contribution in [2.24, 2.45) is 4.99 Å². The predicted octanol–water partition coefficient (Wildman–Crippen LogP) is 2.36. The van der Waals surface area contributed by atoms with Crippen molar-refractivity contribution >= 4 is 33.4 Å². The predicted molar refractivity (Wildman–Crippen MR) is 163 cm³/mol. The summed E-state index contributed by atoms with van der Waals surface area (Å²) in [5.41, 5.74) is 1.65. The lowest BCUT2D eigenvalue weighted by Gasteiger charge is -2.34. The van der Waals surface area contributed by atoms with Crippen LogP contribution in [0.5, 0.6) is 5.75 Å². The van der Waals surface area contributed by atoms with E-state index in [1.54, 1.807) is 0 Å². The number of amidine groups is 1. The first-order valence-electron chi connectivity index (χ1n) is 14.8. The summed E-state index contributed by atoms with van der Waals surface area (Å²) in [6.45, 7) is 5.40. The zero-order chi connectivity index (χ0) is 32.4. The molecule has 15 heteroatoms. The van der Waals surface area contributed by atoms with Gasteiger partial charge in [-0.2, -0.15) is 0 Å². The molecule has 5 rings (SSSR count). The van der Waals surface area contributed by atoms with Gasteiger partial charge in [-0.15, -0.1) is 13.2 Å². The van der Waals surface area contributed by atoms with Crippen molar-refractivity contribution in [2.45, 2.75) is 38.1 Å². The molecular formula is C30H37F3N6O5S. The van der Waals surface area contributed by atoms with Gasteiger partial charge in [0, 0.05) is 50.5 Å². The lowest BCUT2D eigenvalue weighted by molar-refractivity contribution is -0.274. The highest BCUT2D eigenvalue weighted by atomic mass is 32.2. The van der Waals surface area contributed by atoms with E-state index >= 15 is 0 Å². The minimum Gasteiger partial charge on any atom is -0.406 e. The molecular weight excluding hydrogens is 613 g/mol. The molecule has 0 radical (unpaired) electrons. The van der Waals surface area contributed by atoms with Gasteiger partial charge in [0.15, 0.2) is 0 Å². The van der Waals surface area contributed by atoms with E-state index in [9.17, 15) is 31.2 Å². The number of nitrogens with zero attached hydrogens (tertiary/aromatic N) is 4. The van der Waals surface area contributed by atoms with Crippen LogP contribution in [0.2, 0.25) is 0 Å². The van der Waals surface area contributed by atoms with Gasteiger partial charge >= 0.3 is 6.36 Å². The summed E-state index contributed by atoms with van der Waals surface area (Å²) in [7, 11) is -1.60. The Labute approximate surface area is 260 Å². The molecule has 1 spiro atoms. The Hall–Kier alpha value is -3.69. The summed E-state index contributed by atoms with van der Waals surface area (Å²) in [6.07, 6.45) is -4.26. The Morgan fingerprint density at radius 3 is 2.44 bits per heavy atom. The van der Waals surface area contributed by atoms with Crippen molar-refractivity contribution in [1.29, 1.82) is 0 Å². The summed E-state index contributed by atoms with van der Waals surface area (Å²) in [5, 5.41) is 5.82. The molecule has 0 saturated carbocycles. The maximum Gasteiger partial charge on any atom is 0.573 e. The normalized spacial score (nSPS) is 19.4. The molecule has 2 fully saturated rings. The number of rotatable bonds is 9. The Morgan fingerprint density at radius 2 is 1.78 bits per heavy atom. The first kappa shape index (κ1) is 32.7. The van der Waals surface area contributed by atoms with Crippen molar-refractivity contribution in [3.05, 3.63) is 59.2 Å². The molecule has 45 heavy (non-hydrogen) atoms. The van der Waals surface area contributed by atoms with Gasteiger partial charge in [0.2, 0.25) is 15.9 Å². The number of aliphatic imine (C=N–C) groups is 1. The number of benzene rings is 2. The van der Waals surface area contributed by atoms with Crippen LogP contribution in [-0.4, -0.2) is 111 Å². The summed E-state index contributed by atoms with van der Waals surface area (Å²) in [4.78, 5) is 34.0. The number of sulfonamides is 1. The molecule has 2 aromatic carbocycles. The zero-order valence-electron chi connectivity index (χ0n) is 25.2. The summed E-state index contributed by atoms with van der Waals surface area (Å²) < 4.78 is 69.7. The number of hydrogen-bond acceptors (Lipinski definition) is 8. The third kappa shape index (κ3) is 7.94. The quantitative estimate of drug-likeness (QED) is 0.427. The molecule has 0 aliphatic carbocycles. The Kier molecular flexibility index (Phi) is 9.42. The smallest absolute Gasteiger partial charge is 0.406 e. The van der Waals surface area contributed by atoms with Crippen molar-refractivity contribution in [3.8, 4) is 5.75 Å². The van der Waals surface area contributed by atoms with Crippen LogP contribution in [0.25, 0.3) is 0 Å². The molecule has 0 aromatic heterocycles. The first-order chi connectivity index (χ1) is 21.2. The van der Waals surface area contributed by atoms with E-state index in [0.717, 1.165) is 42.0 Å². The van der Waals surface area contributed by atoms with Gasteiger partial charge in [-0.05, 0) is 68.6 Å². The van der Waals surface area contributed by atoms with Crippen LogP contribution in [0.4, 0.5) is 18.9 Å². The minimum atomic E-state index is -4.86. The van der Waals surface area contributed by atoms with Gasteiger partial charge in [0.05, 0.1) is 12.3 Å². The van der Waals surface area contributed by atoms with Crippen LogP contribution >= 0.6 is 0 Å². The zero-order valence-corrected chi connectivity index (χ0v) is 26.0. The van der Waals surface area contributed by atoms with E-state index < -0.39 is 33.6 Å². The van der Waals surface area contributed by atoms with Crippen LogP contribution in [0.1, 0.15) is 29.5 Å². The number of halogens is 3. The summed E-state index contributed by atoms with van der Waals surface area (Å²) in [5.74, 6) is -0.785. The Bertz CT molecular complexity index is 1570. The largest absolute Gasteiger partial charge is 0.573 e. The van der Waals surface area contributed by atoms with E-state index in [-0.39, 0.29) is 55.5 Å². The number of likely N-dealkylation sites (N-methyl/N-ethyl adjacent to an activating group) is 1. The molecule has 2 saturated heterocycles. The maximum atomic E-state index is 13.2. The van der Waals surface area contributed by atoms with Gasteiger partial charge in [-0.1, -0.05) is 18.2 Å². The second kappa shape index (κ2) is 13.0. The fraction of sp³-hybridized carbons (Fsp3) is 0.500. The van der Waals surface area contributed by atoms with E-state index in [2.05, 4.69) is 25.3 Å². The topological polar surface area (TPSA) is 124 Å². The van der Waals surface area contributed by atoms with Gasteiger partial charge in [0.25, 0.3) is 5.91 Å². The molecule has 3 aliphatic rings.